The topological polar surface area (TPSA) is 61.4 Å². The Labute approximate surface area is 132 Å². The van der Waals surface area contributed by atoms with Gasteiger partial charge in [-0.2, -0.15) is 0 Å². The first-order valence-electron chi connectivity index (χ1n) is 6.78. The van der Waals surface area contributed by atoms with Gasteiger partial charge in [0.05, 0.1) is 4.90 Å². The molecular formula is C14H24ClN3O2S. The van der Waals surface area contributed by atoms with Crippen molar-refractivity contribution in [2.75, 3.05) is 27.7 Å². The molecule has 0 aromatic heterocycles. The van der Waals surface area contributed by atoms with Crippen LogP contribution in [0.2, 0.25) is 5.02 Å². The lowest BCUT2D eigenvalue weighted by molar-refractivity contribution is 0.314. The fourth-order valence-electron chi connectivity index (χ4n) is 1.85. The molecule has 120 valence electrons. The Balaban J connectivity index is 3.08. The molecule has 0 aliphatic heterocycles. The van der Waals surface area contributed by atoms with E-state index < -0.39 is 10.0 Å². The minimum absolute atomic E-state index is 0.107. The zero-order chi connectivity index (χ0) is 16.2. The van der Waals surface area contributed by atoms with Gasteiger partial charge in [-0.15, -0.1) is 0 Å². The predicted octanol–water partition coefficient (Wildman–Crippen LogP) is 1.60. The van der Waals surface area contributed by atoms with E-state index in [1.807, 2.05) is 33.0 Å². The average Bonchev–Trinajstić information content (AvgIpc) is 2.39. The molecule has 5 nitrogen and oxygen atoms in total. The molecule has 1 aromatic rings. The molecule has 0 amide bonds. The van der Waals surface area contributed by atoms with Crippen molar-refractivity contribution in [1.82, 2.24) is 14.9 Å². The summed E-state index contributed by atoms with van der Waals surface area (Å²) in [5, 5.41) is 3.44. The first-order chi connectivity index (χ1) is 9.69. The summed E-state index contributed by atoms with van der Waals surface area (Å²) in [6, 6.07) is 3.39. The Bertz CT molecular complexity index is 588. The number of sulfonamides is 1. The van der Waals surface area contributed by atoms with Gasteiger partial charge in [0.1, 0.15) is 0 Å². The second-order valence-electron chi connectivity index (χ2n) is 5.38. The van der Waals surface area contributed by atoms with E-state index in [9.17, 15) is 8.42 Å². The SMILES string of the molecule is CNCc1cc(Cl)cc(S(=O)(=O)NCC(C)N(C)C)c1C. The molecule has 0 saturated carbocycles. The molecular weight excluding hydrogens is 310 g/mol. The molecule has 2 N–H and O–H groups in total. The summed E-state index contributed by atoms with van der Waals surface area (Å²) >= 11 is 6.05. The van der Waals surface area contributed by atoms with Crippen LogP contribution in [0.4, 0.5) is 0 Å². The maximum Gasteiger partial charge on any atom is 0.240 e. The van der Waals surface area contributed by atoms with Gasteiger partial charge in [0.15, 0.2) is 0 Å². The van der Waals surface area contributed by atoms with Gasteiger partial charge >= 0.3 is 0 Å². The van der Waals surface area contributed by atoms with E-state index in [1.165, 1.54) is 6.07 Å². The number of benzene rings is 1. The Morgan fingerprint density at radius 2 is 1.95 bits per heavy atom. The van der Waals surface area contributed by atoms with Crippen molar-refractivity contribution in [3.8, 4) is 0 Å². The monoisotopic (exact) mass is 333 g/mol. The number of hydrogen-bond acceptors (Lipinski definition) is 4. The number of rotatable bonds is 7. The predicted molar refractivity (Wildman–Crippen MR) is 87.3 cm³/mol. The van der Waals surface area contributed by atoms with Crippen LogP contribution in [-0.2, 0) is 16.6 Å². The summed E-state index contributed by atoms with van der Waals surface area (Å²) in [5.41, 5.74) is 1.60. The van der Waals surface area contributed by atoms with E-state index in [4.69, 9.17) is 11.6 Å². The number of nitrogens with zero attached hydrogens (tertiary/aromatic N) is 1. The van der Waals surface area contributed by atoms with Crippen molar-refractivity contribution in [2.45, 2.75) is 31.3 Å². The van der Waals surface area contributed by atoms with Crippen LogP contribution in [0.25, 0.3) is 0 Å². The molecule has 0 radical (unpaired) electrons. The van der Waals surface area contributed by atoms with Crippen LogP contribution in [0.5, 0.6) is 0 Å². The van der Waals surface area contributed by atoms with E-state index in [-0.39, 0.29) is 10.9 Å². The van der Waals surface area contributed by atoms with Crippen molar-refractivity contribution in [1.29, 1.82) is 0 Å². The summed E-state index contributed by atoms with van der Waals surface area (Å²) < 4.78 is 27.6. The highest BCUT2D eigenvalue weighted by Gasteiger charge is 2.20. The molecule has 0 aliphatic rings. The first kappa shape index (κ1) is 18.4. The Kier molecular flexibility index (Phi) is 6.62. The lowest BCUT2D eigenvalue weighted by atomic mass is 10.1. The largest absolute Gasteiger partial charge is 0.316 e. The molecule has 21 heavy (non-hydrogen) atoms. The molecule has 7 heteroatoms. The normalized spacial score (nSPS) is 13.7. The highest BCUT2D eigenvalue weighted by molar-refractivity contribution is 7.89. The Hall–Kier alpha value is -0.660. The highest BCUT2D eigenvalue weighted by atomic mass is 35.5. The van der Waals surface area contributed by atoms with Crippen molar-refractivity contribution in [2.24, 2.45) is 0 Å². The maximum atomic E-state index is 12.5. The van der Waals surface area contributed by atoms with Gasteiger partial charge in [0.25, 0.3) is 0 Å². The fraction of sp³-hybridized carbons (Fsp3) is 0.571. The van der Waals surface area contributed by atoms with Gasteiger partial charge in [-0.25, -0.2) is 13.1 Å². The highest BCUT2D eigenvalue weighted by Crippen LogP contribution is 2.24. The zero-order valence-electron chi connectivity index (χ0n) is 13.2. The average molecular weight is 334 g/mol. The van der Waals surface area contributed by atoms with Crippen LogP contribution in [0.3, 0.4) is 0 Å². The van der Waals surface area contributed by atoms with Gasteiger partial charge in [0, 0.05) is 24.2 Å². The van der Waals surface area contributed by atoms with Crippen LogP contribution in [-0.4, -0.2) is 47.0 Å². The number of halogens is 1. The molecule has 0 heterocycles. The quantitative estimate of drug-likeness (QED) is 0.795. The third-order valence-corrected chi connectivity index (χ3v) is 5.31. The second kappa shape index (κ2) is 7.56. The Morgan fingerprint density at radius 3 is 2.48 bits per heavy atom. The lowest BCUT2D eigenvalue weighted by Gasteiger charge is -2.20. The molecule has 0 fully saturated rings. The fourth-order valence-corrected chi connectivity index (χ4v) is 3.59. The van der Waals surface area contributed by atoms with Gasteiger partial charge in [-0.05, 0) is 58.3 Å². The molecule has 1 rings (SSSR count). The van der Waals surface area contributed by atoms with Crippen LogP contribution in [0.15, 0.2) is 17.0 Å². The molecule has 1 atom stereocenters. The molecule has 1 unspecified atom stereocenters. The standard InChI is InChI=1S/C14H24ClN3O2S/c1-10(18(4)5)8-17-21(19,20)14-7-13(15)6-12(9-16-3)11(14)2/h6-7,10,16-17H,8-9H2,1-5H3. The smallest absolute Gasteiger partial charge is 0.240 e. The van der Waals surface area contributed by atoms with Crippen LogP contribution < -0.4 is 10.0 Å². The molecule has 0 bridgehead atoms. The molecule has 0 spiro atoms. The van der Waals surface area contributed by atoms with Crippen LogP contribution in [0, 0.1) is 6.92 Å². The summed E-state index contributed by atoms with van der Waals surface area (Å²) in [6.45, 7) is 4.68. The second-order valence-corrected chi connectivity index (χ2v) is 7.55. The summed E-state index contributed by atoms with van der Waals surface area (Å²) in [6.07, 6.45) is 0. The molecule has 1 aromatic carbocycles. The van der Waals surface area contributed by atoms with E-state index >= 15 is 0 Å². The minimum Gasteiger partial charge on any atom is -0.316 e. The third-order valence-electron chi connectivity index (χ3n) is 3.54. The van der Waals surface area contributed by atoms with Gasteiger partial charge in [-0.3, -0.25) is 0 Å². The van der Waals surface area contributed by atoms with Crippen molar-refractivity contribution in [3.05, 3.63) is 28.3 Å². The van der Waals surface area contributed by atoms with Crippen LogP contribution in [0.1, 0.15) is 18.1 Å². The number of hydrogen-bond donors (Lipinski definition) is 2. The van der Waals surface area contributed by atoms with Crippen molar-refractivity contribution in [3.63, 3.8) is 0 Å². The van der Waals surface area contributed by atoms with Crippen molar-refractivity contribution >= 4 is 21.6 Å². The number of likely N-dealkylation sites (N-methyl/N-ethyl adjacent to an activating group) is 1. The van der Waals surface area contributed by atoms with E-state index in [0.717, 1.165) is 11.1 Å². The summed E-state index contributed by atoms with van der Waals surface area (Å²) in [4.78, 5) is 2.20. The van der Waals surface area contributed by atoms with Crippen molar-refractivity contribution < 1.29 is 8.42 Å². The maximum absolute atomic E-state index is 12.5. The van der Waals surface area contributed by atoms with E-state index in [1.54, 1.807) is 13.0 Å². The van der Waals surface area contributed by atoms with Gasteiger partial charge in [-0.1, -0.05) is 11.6 Å². The lowest BCUT2D eigenvalue weighted by Crippen LogP contribution is -2.38. The molecule has 0 saturated heterocycles. The van der Waals surface area contributed by atoms with E-state index in [0.29, 0.717) is 18.1 Å². The minimum atomic E-state index is -3.57. The van der Waals surface area contributed by atoms with E-state index in [2.05, 4.69) is 10.0 Å². The molecule has 0 aliphatic carbocycles. The summed E-state index contributed by atoms with van der Waals surface area (Å²) in [7, 11) is 2.06. The third kappa shape index (κ3) is 4.93. The van der Waals surface area contributed by atoms with Crippen LogP contribution >= 0.6 is 11.6 Å². The summed E-state index contributed by atoms with van der Waals surface area (Å²) in [5.74, 6) is 0. The Morgan fingerprint density at radius 1 is 1.33 bits per heavy atom. The first-order valence-corrected chi connectivity index (χ1v) is 8.65. The zero-order valence-corrected chi connectivity index (χ0v) is 14.8. The van der Waals surface area contributed by atoms with Gasteiger partial charge < -0.3 is 10.2 Å². The van der Waals surface area contributed by atoms with Gasteiger partial charge in [0.2, 0.25) is 10.0 Å². The number of nitrogens with one attached hydrogen (secondary N) is 2.